The molecule has 0 aromatic heterocycles. The number of ketones is 1. The first-order chi connectivity index (χ1) is 9.61. The van der Waals surface area contributed by atoms with E-state index in [-0.39, 0.29) is 11.5 Å². The fourth-order valence-electron chi connectivity index (χ4n) is 2.13. The second kappa shape index (κ2) is 6.24. The number of benzene rings is 2. The number of carbonyl (C=O) groups excluding carboxylic acids is 1. The molecular formula is C17H18O3. The van der Waals surface area contributed by atoms with Crippen molar-refractivity contribution >= 4 is 5.78 Å². The van der Waals surface area contributed by atoms with Crippen LogP contribution in [0.4, 0.5) is 0 Å². The lowest BCUT2D eigenvalue weighted by atomic mass is 10.1. The largest absolute Gasteiger partial charge is 0.508 e. The Hall–Kier alpha value is -2.29. The smallest absolute Gasteiger partial charge is 0.160 e. The third-order valence-electron chi connectivity index (χ3n) is 3.20. The molecule has 0 fully saturated rings. The van der Waals surface area contributed by atoms with Gasteiger partial charge in [-0.2, -0.15) is 0 Å². The van der Waals surface area contributed by atoms with Gasteiger partial charge in [-0.05, 0) is 37.1 Å². The highest BCUT2D eigenvalue weighted by molar-refractivity contribution is 5.95. The number of Topliss-reactive ketones (excluding diaryl/α,β-unsaturated/α-hetero) is 1. The van der Waals surface area contributed by atoms with E-state index in [1.165, 1.54) is 0 Å². The van der Waals surface area contributed by atoms with Gasteiger partial charge in [0.1, 0.15) is 18.1 Å². The summed E-state index contributed by atoms with van der Waals surface area (Å²) in [4.78, 5) is 11.6. The van der Waals surface area contributed by atoms with Crippen LogP contribution in [-0.4, -0.2) is 10.9 Å². The molecular weight excluding hydrogens is 252 g/mol. The van der Waals surface area contributed by atoms with Gasteiger partial charge in [-0.25, -0.2) is 0 Å². The molecule has 2 rings (SSSR count). The van der Waals surface area contributed by atoms with E-state index in [9.17, 15) is 9.90 Å². The summed E-state index contributed by atoms with van der Waals surface area (Å²) in [5.74, 6) is 1.01. The minimum absolute atomic E-state index is 0.0330. The van der Waals surface area contributed by atoms with E-state index in [4.69, 9.17) is 4.74 Å². The average Bonchev–Trinajstić information content (AvgIpc) is 2.46. The molecule has 0 heterocycles. The summed E-state index contributed by atoms with van der Waals surface area (Å²) in [6, 6.07) is 12.5. The van der Waals surface area contributed by atoms with Crippen molar-refractivity contribution in [1.82, 2.24) is 0 Å². The zero-order chi connectivity index (χ0) is 14.5. The minimum Gasteiger partial charge on any atom is -0.508 e. The van der Waals surface area contributed by atoms with Gasteiger partial charge in [0.25, 0.3) is 0 Å². The van der Waals surface area contributed by atoms with Gasteiger partial charge in [-0.3, -0.25) is 4.79 Å². The second-order valence-corrected chi connectivity index (χ2v) is 4.65. The lowest BCUT2D eigenvalue weighted by Crippen LogP contribution is -2.04. The Morgan fingerprint density at radius 1 is 1.15 bits per heavy atom. The van der Waals surface area contributed by atoms with E-state index in [0.717, 1.165) is 23.3 Å². The molecule has 0 aliphatic heterocycles. The average molecular weight is 270 g/mol. The van der Waals surface area contributed by atoms with Crippen LogP contribution in [-0.2, 0) is 13.0 Å². The Labute approximate surface area is 118 Å². The Bertz CT molecular complexity index is 617. The van der Waals surface area contributed by atoms with Crippen LogP contribution >= 0.6 is 0 Å². The van der Waals surface area contributed by atoms with Gasteiger partial charge in [-0.1, -0.05) is 31.2 Å². The summed E-state index contributed by atoms with van der Waals surface area (Å²) < 4.78 is 5.80. The summed E-state index contributed by atoms with van der Waals surface area (Å²) in [5, 5.41) is 9.47. The number of ether oxygens (including phenoxy) is 1. The van der Waals surface area contributed by atoms with Crippen LogP contribution in [0.1, 0.15) is 35.3 Å². The van der Waals surface area contributed by atoms with Crippen molar-refractivity contribution in [2.24, 2.45) is 0 Å². The van der Waals surface area contributed by atoms with Crippen molar-refractivity contribution < 1.29 is 14.6 Å². The van der Waals surface area contributed by atoms with Gasteiger partial charge >= 0.3 is 0 Å². The van der Waals surface area contributed by atoms with Gasteiger partial charge in [0.2, 0.25) is 0 Å². The Kier molecular flexibility index (Phi) is 4.41. The van der Waals surface area contributed by atoms with E-state index >= 15 is 0 Å². The molecule has 1 N–H and O–H groups in total. The molecule has 0 bridgehead atoms. The molecule has 3 heteroatoms. The minimum atomic E-state index is 0.0330. The molecule has 0 saturated carbocycles. The maximum Gasteiger partial charge on any atom is 0.160 e. The van der Waals surface area contributed by atoms with E-state index in [2.05, 4.69) is 0 Å². The summed E-state index contributed by atoms with van der Waals surface area (Å²) in [5.41, 5.74) is 2.50. The van der Waals surface area contributed by atoms with E-state index in [1.54, 1.807) is 31.2 Å². The lowest BCUT2D eigenvalue weighted by Gasteiger charge is -2.12. The molecule has 0 atom stereocenters. The maximum absolute atomic E-state index is 11.6. The first kappa shape index (κ1) is 14.1. The summed E-state index contributed by atoms with van der Waals surface area (Å²) >= 11 is 0. The number of phenols is 1. The predicted molar refractivity (Wildman–Crippen MR) is 78.3 cm³/mol. The molecule has 0 amide bonds. The molecule has 104 valence electrons. The third kappa shape index (κ3) is 3.18. The monoisotopic (exact) mass is 270 g/mol. The van der Waals surface area contributed by atoms with Crippen molar-refractivity contribution in [3.8, 4) is 11.5 Å². The van der Waals surface area contributed by atoms with E-state index in [1.807, 2.05) is 25.1 Å². The first-order valence-corrected chi connectivity index (χ1v) is 6.65. The van der Waals surface area contributed by atoms with Crippen LogP contribution in [0, 0.1) is 0 Å². The Morgan fingerprint density at radius 2 is 1.90 bits per heavy atom. The molecule has 0 aliphatic carbocycles. The van der Waals surface area contributed by atoms with Crippen molar-refractivity contribution in [3.63, 3.8) is 0 Å². The van der Waals surface area contributed by atoms with Crippen molar-refractivity contribution in [1.29, 1.82) is 0 Å². The van der Waals surface area contributed by atoms with Gasteiger partial charge in [-0.15, -0.1) is 0 Å². The SMILES string of the molecule is CCc1cc(O)ccc1OCc1ccccc1C(C)=O. The summed E-state index contributed by atoms with van der Waals surface area (Å²) in [6.45, 7) is 3.90. The number of aryl methyl sites for hydroxylation is 1. The number of carbonyl (C=O) groups is 1. The molecule has 20 heavy (non-hydrogen) atoms. The number of hydrogen-bond acceptors (Lipinski definition) is 3. The zero-order valence-electron chi connectivity index (χ0n) is 11.7. The van der Waals surface area contributed by atoms with Gasteiger partial charge < -0.3 is 9.84 Å². The normalized spacial score (nSPS) is 10.3. The van der Waals surface area contributed by atoms with Crippen molar-refractivity contribution in [2.75, 3.05) is 0 Å². The quantitative estimate of drug-likeness (QED) is 0.842. The lowest BCUT2D eigenvalue weighted by molar-refractivity contribution is 0.101. The predicted octanol–water partition coefficient (Wildman–Crippen LogP) is 3.74. The van der Waals surface area contributed by atoms with Gasteiger partial charge in [0.15, 0.2) is 5.78 Å². The number of phenolic OH excluding ortho intramolecular Hbond substituents is 1. The fourth-order valence-corrected chi connectivity index (χ4v) is 2.13. The van der Waals surface area contributed by atoms with Gasteiger partial charge in [0, 0.05) is 11.1 Å². The first-order valence-electron chi connectivity index (χ1n) is 6.65. The molecule has 3 nitrogen and oxygen atoms in total. The maximum atomic E-state index is 11.6. The molecule has 0 aliphatic rings. The van der Waals surface area contributed by atoms with Crippen molar-refractivity contribution in [2.45, 2.75) is 26.9 Å². The van der Waals surface area contributed by atoms with Crippen LogP contribution in [0.3, 0.4) is 0 Å². The van der Waals surface area contributed by atoms with Crippen LogP contribution in [0.25, 0.3) is 0 Å². The fraction of sp³-hybridized carbons (Fsp3) is 0.235. The number of hydrogen-bond donors (Lipinski definition) is 1. The highest BCUT2D eigenvalue weighted by Crippen LogP contribution is 2.25. The van der Waals surface area contributed by atoms with Crippen LogP contribution in [0.15, 0.2) is 42.5 Å². The topological polar surface area (TPSA) is 46.5 Å². The van der Waals surface area contributed by atoms with E-state index in [0.29, 0.717) is 12.2 Å². The molecule has 2 aromatic carbocycles. The molecule has 2 aromatic rings. The molecule has 0 spiro atoms. The zero-order valence-corrected chi connectivity index (χ0v) is 11.7. The summed E-state index contributed by atoms with van der Waals surface area (Å²) in [7, 11) is 0. The Morgan fingerprint density at radius 3 is 2.60 bits per heavy atom. The van der Waals surface area contributed by atoms with Crippen LogP contribution in [0.5, 0.6) is 11.5 Å². The highest BCUT2D eigenvalue weighted by atomic mass is 16.5. The van der Waals surface area contributed by atoms with Crippen LogP contribution < -0.4 is 4.74 Å². The molecule has 0 radical (unpaired) electrons. The number of rotatable bonds is 5. The van der Waals surface area contributed by atoms with E-state index < -0.39 is 0 Å². The van der Waals surface area contributed by atoms with Crippen molar-refractivity contribution in [3.05, 3.63) is 59.2 Å². The molecule has 0 unspecified atom stereocenters. The Balaban J connectivity index is 2.19. The standard InChI is InChI=1S/C17H18O3/c1-3-13-10-15(19)8-9-17(13)20-11-14-6-4-5-7-16(14)12(2)18/h4-10,19H,3,11H2,1-2H3. The summed E-state index contributed by atoms with van der Waals surface area (Å²) in [6.07, 6.45) is 0.776. The highest BCUT2D eigenvalue weighted by Gasteiger charge is 2.08. The third-order valence-corrected chi connectivity index (χ3v) is 3.20. The van der Waals surface area contributed by atoms with Gasteiger partial charge in [0.05, 0.1) is 0 Å². The van der Waals surface area contributed by atoms with Crippen LogP contribution in [0.2, 0.25) is 0 Å². The number of aromatic hydroxyl groups is 1. The molecule has 0 saturated heterocycles. The second-order valence-electron chi connectivity index (χ2n) is 4.65.